The standard InChI is InChI=1S/C18H27N5O4S/c1-19-18(20-11-10-15-6-3-2-4-7-15)21-12-13-22-28(26,27)17-9-5-8-16(14-17)23(24)25/h5-6,8-9,14,22H,2-4,7,10-13H2,1H3,(H2,19,20,21). The van der Waals surface area contributed by atoms with Crippen molar-refractivity contribution in [3.8, 4) is 0 Å². The molecule has 1 aromatic carbocycles. The molecule has 154 valence electrons. The third kappa shape index (κ3) is 6.93. The van der Waals surface area contributed by atoms with Crippen LogP contribution in [0.1, 0.15) is 32.1 Å². The highest BCUT2D eigenvalue weighted by Gasteiger charge is 2.17. The molecule has 1 aliphatic carbocycles. The summed E-state index contributed by atoms with van der Waals surface area (Å²) >= 11 is 0. The number of nitrogens with one attached hydrogen (secondary N) is 3. The summed E-state index contributed by atoms with van der Waals surface area (Å²) in [5.41, 5.74) is 1.21. The van der Waals surface area contributed by atoms with E-state index in [1.165, 1.54) is 36.6 Å². The number of guanidine groups is 1. The van der Waals surface area contributed by atoms with E-state index in [4.69, 9.17) is 0 Å². The van der Waals surface area contributed by atoms with Gasteiger partial charge < -0.3 is 10.6 Å². The SMILES string of the molecule is CN=C(NCCNS(=O)(=O)c1cccc([N+](=O)[O-])c1)NCCC1=CCCCC1. The molecule has 0 heterocycles. The van der Waals surface area contributed by atoms with Crippen LogP contribution in [0.2, 0.25) is 0 Å². The zero-order chi connectivity index (χ0) is 20.4. The van der Waals surface area contributed by atoms with E-state index in [1.807, 2.05) is 0 Å². The van der Waals surface area contributed by atoms with Gasteiger partial charge in [0.25, 0.3) is 5.69 Å². The second kappa shape index (κ2) is 10.8. The molecule has 0 saturated carbocycles. The molecule has 1 aromatic rings. The molecule has 0 spiro atoms. The Kier molecular flexibility index (Phi) is 8.40. The lowest BCUT2D eigenvalue weighted by Crippen LogP contribution is -2.41. The van der Waals surface area contributed by atoms with Crippen LogP contribution in [0.15, 0.2) is 45.8 Å². The molecule has 0 unspecified atom stereocenters. The van der Waals surface area contributed by atoms with E-state index in [2.05, 4.69) is 26.4 Å². The summed E-state index contributed by atoms with van der Waals surface area (Å²) in [6, 6.07) is 4.96. The molecule has 2 rings (SSSR count). The fourth-order valence-corrected chi connectivity index (χ4v) is 3.98. The summed E-state index contributed by atoms with van der Waals surface area (Å²) in [6.45, 7) is 1.22. The van der Waals surface area contributed by atoms with Crippen LogP contribution in [0.3, 0.4) is 0 Å². The van der Waals surface area contributed by atoms with Gasteiger partial charge in [-0.2, -0.15) is 0 Å². The lowest BCUT2D eigenvalue weighted by atomic mass is 9.97. The van der Waals surface area contributed by atoms with Gasteiger partial charge in [-0.15, -0.1) is 0 Å². The number of benzene rings is 1. The number of hydrogen-bond donors (Lipinski definition) is 3. The fourth-order valence-electron chi connectivity index (χ4n) is 2.91. The van der Waals surface area contributed by atoms with Crippen LogP contribution in [-0.4, -0.2) is 46.0 Å². The normalized spacial score (nSPS) is 15.0. The van der Waals surface area contributed by atoms with Crippen LogP contribution in [0, 0.1) is 10.1 Å². The highest BCUT2D eigenvalue weighted by atomic mass is 32.2. The van der Waals surface area contributed by atoms with Crippen molar-refractivity contribution in [3.63, 3.8) is 0 Å². The molecule has 1 aliphatic rings. The van der Waals surface area contributed by atoms with Crippen LogP contribution < -0.4 is 15.4 Å². The number of allylic oxidation sites excluding steroid dienone is 1. The van der Waals surface area contributed by atoms with Gasteiger partial charge in [0.2, 0.25) is 10.0 Å². The Morgan fingerprint density at radius 3 is 2.68 bits per heavy atom. The molecule has 9 nitrogen and oxygen atoms in total. The third-order valence-electron chi connectivity index (χ3n) is 4.40. The van der Waals surface area contributed by atoms with Gasteiger partial charge in [-0.3, -0.25) is 15.1 Å². The molecule has 0 atom stereocenters. The molecule has 0 fully saturated rings. The summed E-state index contributed by atoms with van der Waals surface area (Å²) in [5.74, 6) is 0.603. The quantitative estimate of drug-likeness (QED) is 0.143. The van der Waals surface area contributed by atoms with E-state index in [0.29, 0.717) is 12.5 Å². The van der Waals surface area contributed by atoms with E-state index in [0.717, 1.165) is 31.9 Å². The van der Waals surface area contributed by atoms with Crippen molar-refractivity contribution in [3.05, 3.63) is 46.0 Å². The first-order valence-corrected chi connectivity index (χ1v) is 10.8. The average Bonchev–Trinajstić information content (AvgIpc) is 2.70. The lowest BCUT2D eigenvalue weighted by molar-refractivity contribution is -0.385. The Morgan fingerprint density at radius 2 is 2.00 bits per heavy atom. The third-order valence-corrected chi connectivity index (χ3v) is 5.85. The van der Waals surface area contributed by atoms with Gasteiger partial charge in [-0.25, -0.2) is 13.1 Å². The summed E-state index contributed by atoms with van der Waals surface area (Å²) in [6.07, 6.45) is 8.13. The number of nitro groups is 1. The van der Waals surface area contributed by atoms with Crippen LogP contribution in [-0.2, 0) is 10.0 Å². The second-order valence-electron chi connectivity index (χ2n) is 6.44. The van der Waals surface area contributed by atoms with Crippen molar-refractivity contribution in [1.29, 1.82) is 0 Å². The molecule has 0 saturated heterocycles. The summed E-state index contributed by atoms with van der Waals surface area (Å²) in [4.78, 5) is 14.1. The first-order chi connectivity index (χ1) is 13.4. The van der Waals surface area contributed by atoms with Gasteiger partial charge in [-0.1, -0.05) is 17.7 Å². The maximum absolute atomic E-state index is 12.3. The van der Waals surface area contributed by atoms with Gasteiger partial charge in [0.05, 0.1) is 9.82 Å². The smallest absolute Gasteiger partial charge is 0.270 e. The Hall–Kier alpha value is -2.46. The summed E-state index contributed by atoms with van der Waals surface area (Å²) < 4.78 is 26.9. The van der Waals surface area contributed by atoms with E-state index in [1.54, 1.807) is 7.05 Å². The van der Waals surface area contributed by atoms with Crippen molar-refractivity contribution < 1.29 is 13.3 Å². The summed E-state index contributed by atoms with van der Waals surface area (Å²) in [7, 11) is -2.16. The topological polar surface area (TPSA) is 126 Å². The summed E-state index contributed by atoms with van der Waals surface area (Å²) in [5, 5.41) is 17.0. The molecule has 3 N–H and O–H groups in total. The zero-order valence-corrected chi connectivity index (χ0v) is 16.8. The molecule has 0 aromatic heterocycles. The molecular weight excluding hydrogens is 382 g/mol. The predicted molar refractivity (Wildman–Crippen MR) is 109 cm³/mol. The number of hydrogen-bond acceptors (Lipinski definition) is 5. The largest absolute Gasteiger partial charge is 0.356 e. The number of sulfonamides is 1. The Bertz CT molecular complexity index is 836. The number of rotatable bonds is 9. The van der Waals surface area contributed by atoms with E-state index >= 15 is 0 Å². The van der Waals surface area contributed by atoms with Gasteiger partial charge in [0.15, 0.2) is 5.96 Å². The lowest BCUT2D eigenvalue weighted by Gasteiger charge is -2.15. The number of non-ortho nitro benzene ring substituents is 1. The van der Waals surface area contributed by atoms with Crippen LogP contribution in [0.4, 0.5) is 5.69 Å². The van der Waals surface area contributed by atoms with Gasteiger partial charge >= 0.3 is 0 Å². The molecule has 0 bridgehead atoms. The molecule has 0 amide bonds. The monoisotopic (exact) mass is 409 g/mol. The minimum absolute atomic E-state index is 0.122. The Morgan fingerprint density at radius 1 is 1.21 bits per heavy atom. The minimum atomic E-state index is -3.81. The van der Waals surface area contributed by atoms with Crippen LogP contribution in [0.25, 0.3) is 0 Å². The predicted octanol–water partition coefficient (Wildman–Crippen LogP) is 1.93. The molecule has 0 radical (unpaired) electrons. The Balaban J connectivity index is 1.74. The highest BCUT2D eigenvalue weighted by molar-refractivity contribution is 7.89. The molecule has 28 heavy (non-hydrogen) atoms. The fraction of sp³-hybridized carbons (Fsp3) is 0.500. The highest BCUT2D eigenvalue weighted by Crippen LogP contribution is 2.19. The van der Waals surface area contributed by atoms with E-state index in [-0.39, 0.29) is 17.1 Å². The van der Waals surface area contributed by atoms with Crippen molar-refractivity contribution >= 4 is 21.7 Å². The maximum Gasteiger partial charge on any atom is 0.270 e. The van der Waals surface area contributed by atoms with E-state index < -0.39 is 14.9 Å². The van der Waals surface area contributed by atoms with E-state index in [9.17, 15) is 18.5 Å². The van der Waals surface area contributed by atoms with Crippen molar-refractivity contribution in [2.45, 2.75) is 37.0 Å². The first-order valence-electron chi connectivity index (χ1n) is 9.29. The number of nitro benzene ring substituents is 1. The minimum Gasteiger partial charge on any atom is -0.356 e. The molecule has 10 heteroatoms. The number of aliphatic imine (C=N–C) groups is 1. The first kappa shape index (κ1) is 21.8. The Labute approximate surface area is 165 Å². The molecule has 0 aliphatic heterocycles. The molecular formula is C18H27N5O4S. The second-order valence-corrected chi connectivity index (χ2v) is 8.20. The van der Waals surface area contributed by atoms with Crippen molar-refractivity contribution in [2.75, 3.05) is 26.7 Å². The van der Waals surface area contributed by atoms with Gasteiger partial charge in [-0.05, 0) is 38.2 Å². The van der Waals surface area contributed by atoms with Crippen molar-refractivity contribution in [1.82, 2.24) is 15.4 Å². The van der Waals surface area contributed by atoms with Gasteiger partial charge in [0, 0.05) is 38.8 Å². The van der Waals surface area contributed by atoms with Crippen LogP contribution in [0.5, 0.6) is 0 Å². The van der Waals surface area contributed by atoms with Crippen LogP contribution >= 0.6 is 0 Å². The zero-order valence-electron chi connectivity index (χ0n) is 16.0. The maximum atomic E-state index is 12.3. The van der Waals surface area contributed by atoms with Gasteiger partial charge in [0.1, 0.15) is 0 Å². The number of nitrogens with zero attached hydrogens (tertiary/aromatic N) is 2. The van der Waals surface area contributed by atoms with Crippen molar-refractivity contribution in [2.24, 2.45) is 4.99 Å². The average molecular weight is 410 g/mol.